The van der Waals surface area contributed by atoms with E-state index in [1.54, 1.807) is 12.3 Å². The average Bonchev–Trinajstić information content (AvgIpc) is 2.66. The highest BCUT2D eigenvalue weighted by atomic mass is 32.2. The molecule has 0 amide bonds. The molecule has 7 nitrogen and oxygen atoms in total. The molecule has 1 heterocycles. The first-order valence-corrected chi connectivity index (χ1v) is 11.0. The molecule has 1 saturated carbocycles. The first kappa shape index (κ1) is 20.6. The number of hydrogen-bond acceptors (Lipinski definition) is 4. The van der Waals surface area contributed by atoms with Crippen LogP contribution in [-0.4, -0.2) is 45.0 Å². The van der Waals surface area contributed by atoms with Crippen LogP contribution >= 0.6 is 0 Å². The third-order valence-electron chi connectivity index (χ3n) is 4.73. The van der Waals surface area contributed by atoms with Gasteiger partial charge in [0.15, 0.2) is 5.96 Å². The molecule has 1 aromatic rings. The molecule has 0 radical (unpaired) electrons. The number of sulfonamides is 1. The quantitative estimate of drug-likeness (QED) is 0.363. The Morgan fingerprint density at radius 2 is 2.04 bits per heavy atom. The zero-order valence-corrected chi connectivity index (χ0v) is 16.6. The summed E-state index contributed by atoms with van der Waals surface area (Å²) in [6.07, 6.45) is 9.00. The number of guanidine groups is 1. The van der Waals surface area contributed by atoms with Gasteiger partial charge < -0.3 is 10.6 Å². The summed E-state index contributed by atoms with van der Waals surface area (Å²) in [4.78, 5) is 8.51. The van der Waals surface area contributed by atoms with Crippen molar-refractivity contribution < 1.29 is 8.42 Å². The van der Waals surface area contributed by atoms with Crippen molar-refractivity contribution >= 4 is 16.0 Å². The van der Waals surface area contributed by atoms with Gasteiger partial charge in [-0.15, -0.1) is 0 Å². The van der Waals surface area contributed by atoms with Crippen molar-refractivity contribution in [2.75, 3.05) is 19.6 Å². The van der Waals surface area contributed by atoms with E-state index in [9.17, 15) is 8.42 Å². The number of nitrogens with one attached hydrogen (secondary N) is 3. The molecule has 1 aliphatic rings. The highest BCUT2D eigenvalue weighted by Gasteiger charge is 2.20. The minimum Gasteiger partial charge on any atom is -0.357 e. The molecule has 8 heteroatoms. The molecule has 1 fully saturated rings. The SMILES string of the molecule is CCNC(=NCCNS(=O)(=O)c1cccnc1)NC1CCC(CC)CC1. The fourth-order valence-corrected chi connectivity index (χ4v) is 4.15. The number of hydrogen-bond donors (Lipinski definition) is 3. The van der Waals surface area contributed by atoms with E-state index in [0.29, 0.717) is 12.6 Å². The van der Waals surface area contributed by atoms with E-state index in [4.69, 9.17) is 0 Å². The number of pyridine rings is 1. The number of aromatic nitrogens is 1. The minimum atomic E-state index is -3.53. The van der Waals surface area contributed by atoms with Crippen LogP contribution in [0.1, 0.15) is 46.0 Å². The Labute approximate surface area is 157 Å². The topological polar surface area (TPSA) is 95.5 Å². The normalized spacial score (nSPS) is 21.4. The lowest BCUT2D eigenvalue weighted by atomic mass is 9.84. The van der Waals surface area contributed by atoms with Gasteiger partial charge in [-0.2, -0.15) is 0 Å². The van der Waals surface area contributed by atoms with Gasteiger partial charge in [0.2, 0.25) is 10.0 Å². The summed E-state index contributed by atoms with van der Waals surface area (Å²) in [7, 11) is -3.53. The van der Waals surface area contributed by atoms with E-state index in [0.717, 1.165) is 31.3 Å². The van der Waals surface area contributed by atoms with Gasteiger partial charge in [-0.25, -0.2) is 13.1 Å². The second-order valence-corrected chi connectivity index (χ2v) is 8.38. The number of rotatable bonds is 8. The predicted molar refractivity (Wildman–Crippen MR) is 105 cm³/mol. The second-order valence-electron chi connectivity index (χ2n) is 6.62. The Morgan fingerprint density at radius 3 is 2.65 bits per heavy atom. The van der Waals surface area contributed by atoms with Crippen LogP contribution < -0.4 is 15.4 Å². The molecule has 2 rings (SSSR count). The molecule has 0 bridgehead atoms. The third kappa shape index (κ3) is 6.57. The number of nitrogens with zero attached hydrogens (tertiary/aromatic N) is 2. The lowest BCUT2D eigenvalue weighted by molar-refractivity contribution is 0.304. The Hall–Kier alpha value is -1.67. The van der Waals surface area contributed by atoms with E-state index in [2.05, 4.69) is 32.3 Å². The van der Waals surface area contributed by atoms with Gasteiger partial charge in [-0.3, -0.25) is 9.98 Å². The largest absolute Gasteiger partial charge is 0.357 e. The van der Waals surface area contributed by atoms with Gasteiger partial charge in [0.1, 0.15) is 4.90 Å². The van der Waals surface area contributed by atoms with Crippen LogP contribution in [0.3, 0.4) is 0 Å². The van der Waals surface area contributed by atoms with Crippen LogP contribution in [-0.2, 0) is 10.0 Å². The minimum absolute atomic E-state index is 0.168. The van der Waals surface area contributed by atoms with E-state index >= 15 is 0 Å². The summed E-state index contributed by atoms with van der Waals surface area (Å²) >= 11 is 0. The Balaban J connectivity index is 1.81. The van der Waals surface area contributed by atoms with Crippen LogP contribution in [0.15, 0.2) is 34.4 Å². The maximum Gasteiger partial charge on any atom is 0.242 e. The maximum absolute atomic E-state index is 12.1. The van der Waals surface area contributed by atoms with E-state index in [1.807, 2.05) is 6.92 Å². The van der Waals surface area contributed by atoms with Crippen molar-refractivity contribution in [3.63, 3.8) is 0 Å². The highest BCUT2D eigenvalue weighted by Crippen LogP contribution is 2.26. The molecule has 0 unspecified atom stereocenters. The summed E-state index contributed by atoms with van der Waals surface area (Å²) in [5, 5.41) is 6.72. The Bertz CT molecular complexity index is 655. The zero-order valence-electron chi connectivity index (χ0n) is 15.7. The van der Waals surface area contributed by atoms with Gasteiger partial charge in [-0.05, 0) is 50.7 Å². The summed E-state index contributed by atoms with van der Waals surface area (Å²) in [5.74, 6) is 1.61. The molecule has 0 aliphatic heterocycles. The van der Waals surface area contributed by atoms with Crippen LogP contribution in [0.2, 0.25) is 0 Å². The molecule has 0 aromatic carbocycles. The molecule has 1 aromatic heterocycles. The fraction of sp³-hybridized carbons (Fsp3) is 0.667. The van der Waals surface area contributed by atoms with Crippen molar-refractivity contribution in [1.82, 2.24) is 20.3 Å². The summed E-state index contributed by atoms with van der Waals surface area (Å²) in [5.41, 5.74) is 0. The molecule has 1 aliphatic carbocycles. The predicted octanol–water partition coefficient (Wildman–Crippen LogP) is 1.88. The molecule has 0 saturated heterocycles. The Morgan fingerprint density at radius 1 is 1.27 bits per heavy atom. The van der Waals surface area contributed by atoms with Crippen molar-refractivity contribution in [3.05, 3.63) is 24.5 Å². The van der Waals surface area contributed by atoms with E-state index in [-0.39, 0.29) is 11.4 Å². The Kier molecular flexibility index (Phi) is 8.31. The average molecular weight is 382 g/mol. The van der Waals surface area contributed by atoms with Crippen LogP contribution in [0.4, 0.5) is 0 Å². The van der Waals surface area contributed by atoms with E-state index in [1.165, 1.54) is 31.5 Å². The third-order valence-corrected chi connectivity index (χ3v) is 6.17. The summed E-state index contributed by atoms with van der Waals surface area (Å²) in [6, 6.07) is 3.58. The zero-order chi connectivity index (χ0) is 18.8. The molecule has 0 atom stereocenters. The van der Waals surface area contributed by atoms with Gasteiger partial charge in [0.25, 0.3) is 0 Å². The van der Waals surface area contributed by atoms with Gasteiger partial charge in [0, 0.05) is 31.5 Å². The molecule has 3 N–H and O–H groups in total. The molecule has 146 valence electrons. The van der Waals surface area contributed by atoms with Crippen molar-refractivity contribution in [2.24, 2.45) is 10.9 Å². The lowest BCUT2D eigenvalue weighted by Gasteiger charge is -2.29. The van der Waals surface area contributed by atoms with Gasteiger partial charge in [-0.1, -0.05) is 13.3 Å². The smallest absolute Gasteiger partial charge is 0.242 e. The van der Waals surface area contributed by atoms with Crippen LogP contribution in [0, 0.1) is 5.92 Å². The van der Waals surface area contributed by atoms with Crippen LogP contribution in [0.5, 0.6) is 0 Å². The standard InChI is InChI=1S/C18H31N5O2S/c1-3-15-7-9-16(10-8-15)23-18(20-4-2)21-12-13-22-26(24,25)17-6-5-11-19-14-17/h5-6,11,14-16,22H,3-4,7-10,12-13H2,1-2H3,(H2,20,21,23). The van der Waals surface area contributed by atoms with Crippen molar-refractivity contribution in [1.29, 1.82) is 0 Å². The van der Waals surface area contributed by atoms with Crippen LogP contribution in [0.25, 0.3) is 0 Å². The van der Waals surface area contributed by atoms with Crippen molar-refractivity contribution in [3.8, 4) is 0 Å². The molecular formula is C18H31N5O2S. The summed E-state index contributed by atoms with van der Waals surface area (Å²) in [6.45, 7) is 5.68. The first-order chi connectivity index (χ1) is 12.5. The van der Waals surface area contributed by atoms with Gasteiger partial charge >= 0.3 is 0 Å². The molecule has 0 spiro atoms. The van der Waals surface area contributed by atoms with Crippen molar-refractivity contribution in [2.45, 2.75) is 56.9 Å². The summed E-state index contributed by atoms with van der Waals surface area (Å²) < 4.78 is 26.9. The van der Waals surface area contributed by atoms with Gasteiger partial charge in [0.05, 0.1) is 6.54 Å². The first-order valence-electron chi connectivity index (χ1n) is 9.49. The molecular weight excluding hydrogens is 350 g/mol. The van der Waals surface area contributed by atoms with E-state index < -0.39 is 10.0 Å². The lowest BCUT2D eigenvalue weighted by Crippen LogP contribution is -2.45. The molecule has 26 heavy (non-hydrogen) atoms. The highest BCUT2D eigenvalue weighted by molar-refractivity contribution is 7.89. The fourth-order valence-electron chi connectivity index (χ4n) is 3.17. The number of aliphatic imine (C=N–C) groups is 1. The maximum atomic E-state index is 12.1. The second kappa shape index (κ2) is 10.5. The monoisotopic (exact) mass is 381 g/mol.